The first kappa shape index (κ1) is 10.1. The minimum absolute atomic E-state index is 0.507. The molecule has 3 nitrogen and oxygen atoms in total. The summed E-state index contributed by atoms with van der Waals surface area (Å²) in [7, 11) is 0. The lowest BCUT2D eigenvalue weighted by Gasteiger charge is -2.10. The fraction of sp³-hybridized carbons (Fsp3) is 0.286. The number of hydrogen-bond donors (Lipinski definition) is 1. The van der Waals surface area contributed by atoms with E-state index in [-0.39, 0.29) is 0 Å². The van der Waals surface area contributed by atoms with Crippen LogP contribution in [0, 0.1) is 17.2 Å². The summed E-state index contributed by atoms with van der Waals surface area (Å²) < 4.78 is 0. The van der Waals surface area contributed by atoms with Crippen molar-refractivity contribution < 1.29 is 0 Å². The number of benzene rings is 1. The van der Waals surface area contributed by atoms with Crippen LogP contribution in [0.25, 0.3) is 10.9 Å². The fourth-order valence-electron chi connectivity index (χ4n) is 2.09. The second kappa shape index (κ2) is 3.74. The molecular weight excluding hydrogens is 210 g/mol. The van der Waals surface area contributed by atoms with Gasteiger partial charge in [0, 0.05) is 17.6 Å². The number of nitriles is 1. The van der Waals surface area contributed by atoms with E-state index >= 15 is 0 Å². The summed E-state index contributed by atoms with van der Waals surface area (Å²) in [5.74, 6) is 0.702. The molecular formula is C14H13N3. The molecule has 1 aliphatic rings. The first-order valence-corrected chi connectivity index (χ1v) is 5.84. The molecule has 0 amide bonds. The zero-order valence-corrected chi connectivity index (χ0v) is 9.64. The molecule has 0 aliphatic heterocycles. The van der Waals surface area contributed by atoms with Crippen LogP contribution in [0.1, 0.15) is 18.9 Å². The highest BCUT2D eigenvalue weighted by atomic mass is 15.0. The van der Waals surface area contributed by atoms with Gasteiger partial charge < -0.3 is 5.32 Å². The molecule has 1 aliphatic carbocycles. The van der Waals surface area contributed by atoms with E-state index in [1.165, 1.54) is 6.42 Å². The third-order valence-corrected chi connectivity index (χ3v) is 3.34. The van der Waals surface area contributed by atoms with Crippen molar-refractivity contribution in [3.8, 4) is 6.07 Å². The molecule has 1 saturated carbocycles. The Balaban J connectivity index is 2.14. The number of para-hydroxylation sites is 1. The van der Waals surface area contributed by atoms with Crippen LogP contribution in [0.2, 0.25) is 0 Å². The van der Waals surface area contributed by atoms with E-state index in [0.717, 1.165) is 16.6 Å². The van der Waals surface area contributed by atoms with Crippen LogP contribution in [0.4, 0.5) is 5.69 Å². The Kier molecular flexibility index (Phi) is 2.22. The third-order valence-electron chi connectivity index (χ3n) is 3.34. The largest absolute Gasteiger partial charge is 0.380 e. The van der Waals surface area contributed by atoms with E-state index in [4.69, 9.17) is 5.26 Å². The van der Waals surface area contributed by atoms with Crippen molar-refractivity contribution >= 4 is 16.6 Å². The van der Waals surface area contributed by atoms with Crippen molar-refractivity contribution in [1.29, 1.82) is 5.26 Å². The number of fused-ring (bicyclic) bond motifs is 1. The molecule has 1 aromatic carbocycles. The van der Waals surface area contributed by atoms with E-state index in [1.807, 2.05) is 24.3 Å². The van der Waals surface area contributed by atoms with Gasteiger partial charge in [0.05, 0.1) is 16.8 Å². The van der Waals surface area contributed by atoms with Crippen LogP contribution < -0.4 is 5.32 Å². The molecule has 0 saturated heterocycles. The van der Waals surface area contributed by atoms with E-state index in [9.17, 15) is 0 Å². The first-order valence-electron chi connectivity index (χ1n) is 5.84. The number of nitrogens with zero attached hydrogens (tertiary/aromatic N) is 2. The van der Waals surface area contributed by atoms with Crippen LogP contribution in [-0.2, 0) is 0 Å². The Labute approximate surface area is 100 Å². The number of hydrogen-bond acceptors (Lipinski definition) is 3. The van der Waals surface area contributed by atoms with Crippen molar-refractivity contribution in [2.45, 2.75) is 19.4 Å². The Morgan fingerprint density at radius 1 is 1.41 bits per heavy atom. The van der Waals surface area contributed by atoms with Gasteiger partial charge in [-0.15, -0.1) is 0 Å². The number of rotatable bonds is 2. The summed E-state index contributed by atoms with van der Waals surface area (Å²) in [5, 5.41) is 13.6. The van der Waals surface area contributed by atoms with Gasteiger partial charge in [-0.1, -0.05) is 25.1 Å². The Hall–Kier alpha value is -2.08. The molecule has 17 heavy (non-hydrogen) atoms. The number of aromatic nitrogens is 1. The maximum Gasteiger partial charge on any atom is 0.103 e. The average Bonchev–Trinajstić information content (AvgIpc) is 3.05. The molecule has 0 bridgehead atoms. The van der Waals surface area contributed by atoms with Gasteiger partial charge in [-0.2, -0.15) is 5.26 Å². The van der Waals surface area contributed by atoms with Gasteiger partial charge in [0.1, 0.15) is 6.07 Å². The number of pyridine rings is 1. The van der Waals surface area contributed by atoms with Crippen LogP contribution >= 0.6 is 0 Å². The molecule has 2 unspecified atom stereocenters. The standard InChI is InChI=1S/C14H13N3/c1-9-6-13(9)17-14-10(7-15)8-16-12-5-3-2-4-11(12)14/h2-5,8-9,13H,6H2,1H3,(H,16,17). The second-order valence-corrected chi connectivity index (χ2v) is 4.64. The summed E-state index contributed by atoms with van der Waals surface area (Å²) in [6.07, 6.45) is 2.83. The van der Waals surface area contributed by atoms with Gasteiger partial charge >= 0.3 is 0 Å². The minimum Gasteiger partial charge on any atom is -0.380 e. The summed E-state index contributed by atoms with van der Waals surface area (Å²) in [6.45, 7) is 2.22. The highest BCUT2D eigenvalue weighted by molar-refractivity contribution is 5.94. The number of nitrogens with one attached hydrogen (secondary N) is 1. The molecule has 84 valence electrons. The van der Waals surface area contributed by atoms with Crippen molar-refractivity contribution in [3.63, 3.8) is 0 Å². The monoisotopic (exact) mass is 223 g/mol. The van der Waals surface area contributed by atoms with Crippen LogP contribution in [0.5, 0.6) is 0 Å². The highest BCUT2D eigenvalue weighted by Gasteiger charge is 2.33. The topological polar surface area (TPSA) is 48.7 Å². The van der Waals surface area contributed by atoms with Gasteiger partial charge in [0.15, 0.2) is 0 Å². The molecule has 1 fully saturated rings. The third kappa shape index (κ3) is 1.72. The summed E-state index contributed by atoms with van der Waals surface area (Å²) in [5.41, 5.74) is 2.50. The van der Waals surface area contributed by atoms with E-state index in [1.54, 1.807) is 6.20 Å². The zero-order chi connectivity index (χ0) is 11.8. The van der Waals surface area contributed by atoms with E-state index in [0.29, 0.717) is 17.5 Å². The lowest BCUT2D eigenvalue weighted by Crippen LogP contribution is -2.06. The summed E-state index contributed by atoms with van der Waals surface area (Å²) in [4.78, 5) is 4.30. The van der Waals surface area contributed by atoms with Gasteiger partial charge in [-0.25, -0.2) is 0 Å². The first-order chi connectivity index (χ1) is 8.29. The van der Waals surface area contributed by atoms with Crippen LogP contribution in [-0.4, -0.2) is 11.0 Å². The minimum atomic E-state index is 0.507. The predicted molar refractivity (Wildman–Crippen MR) is 67.6 cm³/mol. The fourth-order valence-corrected chi connectivity index (χ4v) is 2.09. The Morgan fingerprint density at radius 3 is 2.88 bits per heavy atom. The molecule has 1 heterocycles. The van der Waals surface area contributed by atoms with Crippen molar-refractivity contribution in [2.24, 2.45) is 5.92 Å². The molecule has 0 spiro atoms. The maximum atomic E-state index is 9.15. The Morgan fingerprint density at radius 2 is 2.18 bits per heavy atom. The number of anilines is 1. The SMILES string of the molecule is CC1CC1Nc1c(C#N)cnc2ccccc12. The second-order valence-electron chi connectivity index (χ2n) is 4.64. The smallest absolute Gasteiger partial charge is 0.103 e. The molecule has 3 heteroatoms. The van der Waals surface area contributed by atoms with E-state index < -0.39 is 0 Å². The lowest BCUT2D eigenvalue weighted by atomic mass is 10.1. The Bertz CT molecular complexity index is 612. The summed E-state index contributed by atoms with van der Waals surface area (Å²) >= 11 is 0. The molecule has 1 aromatic heterocycles. The van der Waals surface area contributed by atoms with Gasteiger partial charge in [0.2, 0.25) is 0 Å². The maximum absolute atomic E-state index is 9.15. The molecule has 3 rings (SSSR count). The normalized spacial score (nSPS) is 22.1. The zero-order valence-electron chi connectivity index (χ0n) is 9.64. The predicted octanol–water partition coefficient (Wildman–Crippen LogP) is 2.93. The molecule has 2 aromatic rings. The lowest BCUT2D eigenvalue weighted by molar-refractivity contribution is 0.929. The summed E-state index contributed by atoms with van der Waals surface area (Å²) in [6, 6.07) is 10.6. The highest BCUT2D eigenvalue weighted by Crippen LogP contribution is 2.35. The van der Waals surface area contributed by atoms with Gasteiger partial charge in [-0.3, -0.25) is 4.98 Å². The quantitative estimate of drug-likeness (QED) is 0.851. The van der Waals surface area contributed by atoms with Crippen molar-refractivity contribution in [1.82, 2.24) is 4.98 Å². The van der Waals surface area contributed by atoms with Gasteiger partial charge in [-0.05, 0) is 18.4 Å². The van der Waals surface area contributed by atoms with Crippen molar-refractivity contribution in [3.05, 3.63) is 36.0 Å². The molecule has 0 radical (unpaired) electrons. The molecule has 1 N–H and O–H groups in total. The van der Waals surface area contributed by atoms with Gasteiger partial charge in [0.25, 0.3) is 0 Å². The van der Waals surface area contributed by atoms with E-state index in [2.05, 4.69) is 23.3 Å². The van der Waals surface area contributed by atoms with Crippen LogP contribution in [0.3, 0.4) is 0 Å². The average molecular weight is 223 g/mol. The van der Waals surface area contributed by atoms with Crippen LogP contribution in [0.15, 0.2) is 30.5 Å². The van der Waals surface area contributed by atoms with Crippen molar-refractivity contribution in [2.75, 3.05) is 5.32 Å². The molecule has 2 atom stereocenters.